The fraction of sp³-hybridized carbons (Fsp3) is 0.273. The Morgan fingerprint density at radius 2 is 2.29 bits per heavy atom. The summed E-state index contributed by atoms with van der Waals surface area (Å²) in [5.74, 6) is 0.551. The van der Waals surface area contributed by atoms with Gasteiger partial charge in [0.25, 0.3) is 0 Å². The molecule has 86 valence electrons. The highest BCUT2D eigenvalue weighted by Crippen LogP contribution is 2.12. The van der Waals surface area contributed by atoms with Gasteiger partial charge in [-0.05, 0) is 13.0 Å². The summed E-state index contributed by atoms with van der Waals surface area (Å²) in [6.07, 6.45) is 0. The molecule has 0 amide bonds. The van der Waals surface area contributed by atoms with Crippen LogP contribution in [0.5, 0.6) is 0 Å². The number of thiazole rings is 1. The minimum atomic E-state index is 0.387. The zero-order valence-electron chi connectivity index (χ0n) is 9.58. The average molecular weight is 245 g/mol. The zero-order valence-corrected chi connectivity index (χ0v) is 10.4. The molecule has 17 heavy (non-hydrogen) atoms. The van der Waals surface area contributed by atoms with Crippen LogP contribution in [0.2, 0.25) is 0 Å². The largest absolute Gasteiger partial charge is 0.338 e. The molecule has 0 aliphatic carbocycles. The minimum absolute atomic E-state index is 0.387. The van der Waals surface area contributed by atoms with Gasteiger partial charge in [-0.2, -0.15) is 5.26 Å². The van der Waals surface area contributed by atoms with Gasteiger partial charge in [0, 0.05) is 18.1 Å². The summed E-state index contributed by atoms with van der Waals surface area (Å²) >= 11 is 1.56. The normalized spacial score (nSPS) is 9.94. The number of hydrogen-bond donors (Lipinski definition) is 0. The molecule has 2 heterocycles. The van der Waals surface area contributed by atoms with Gasteiger partial charge in [0.1, 0.15) is 11.8 Å². The lowest BCUT2D eigenvalue weighted by molar-refractivity contribution is 0.839. The van der Waals surface area contributed by atoms with Crippen LogP contribution in [0.3, 0.4) is 0 Å². The van der Waals surface area contributed by atoms with E-state index in [4.69, 9.17) is 5.26 Å². The van der Waals surface area contributed by atoms with E-state index in [2.05, 4.69) is 15.0 Å². The van der Waals surface area contributed by atoms with Crippen LogP contribution in [-0.4, -0.2) is 22.0 Å². The Hall–Kier alpha value is -2.00. The molecule has 0 atom stereocenters. The van der Waals surface area contributed by atoms with Gasteiger partial charge in [0.15, 0.2) is 0 Å². The smallest absolute Gasteiger partial charge is 0.226 e. The van der Waals surface area contributed by atoms with Crippen molar-refractivity contribution in [2.75, 3.05) is 11.9 Å². The third-order valence-corrected chi connectivity index (χ3v) is 2.82. The third kappa shape index (κ3) is 2.77. The van der Waals surface area contributed by atoms with Crippen LogP contribution in [0.4, 0.5) is 5.95 Å². The lowest BCUT2D eigenvalue weighted by Gasteiger charge is -2.15. The van der Waals surface area contributed by atoms with Crippen molar-refractivity contribution in [2.45, 2.75) is 13.5 Å². The van der Waals surface area contributed by atoms with Gasteiger partial charge in [-0.15, -0.1) is 11.3 Å². The first-order chi connectivity index (χ1) is 8.19. The first kappa shape index (κ1) is 11.5. The molecule has 5 nitrogen and oxygen atoms in total. The first-order valence-electron chi connectivity index (χ1n) is 5.03. The van der Waals surface area contributed by atoms with E-state index in [1.165, 1.54) is 0 Å². The van der Waals surface area contributed by atoms with E-state index in [1.54, 1.807) is 22.9 Å². The van der Waals surface area contributed by atoms with E-state index in [9.17, 15) is 0 Å². The lowest BCUT2D eigenvalue weighted by atomic mass is 10.3. The monoisotopic (exact) mass is 245 g/mol. The average Bonchev–Trinajstić information content (AvgIpc) is 2.81. The summed E-state index contributed by atoms with van der Waals surface area (Å²) in [5.41, 5.74) is 3.94. The maximum Gasteiger partial charge on any atom is 0.226 e. The van der Waals surface area contributed by atoms with Crippen molar-refractivity contribution in [3.63, 3.8) is 0 Å². The van der Waals surface area contributed by atoms with Gasteiger partial charge >= 0.3 is 0 Å². The number of hydrogen-bond acceptors (Lipinski definition) is 6. The van der Waals surface area contributed by atoms with Crippen LogP contribution in [-0.2, 0) is 6.54 Å². The number of aryl methyl sites for hydroxylation is 1. The Balaban J connectivity index is 2.22. The van der Waals surface area contributed by atoms with E-state index in [0.717, 1.165) is 11.4 Å². The van der Waals surface area contributed by atoms with Crippen molar-refractivity contribution >= 4 is 17.3 Å². The highest BCUT2D eigenvalue weighted by atomic mass is 32.1. The molecule has 0 unspecified atom stereocenters. The third-order valence-electron chi connectivity index (χ3n) is 2.18. The molecule has 0 aromatic carbocycles. The number of anilines is 1. The number of rotatable bonds is 3. The number of nitrogens with zero attached hydrogens (tertiary/aromatic N) is 5. The SMILES string of the molecule is Cc1cc(C#N)nc(N(C)Cc2cscn2)n1. The summed E-state index contributed by atoms with van der Waals surface area (Å²) in [4.78, 5) is 14.5. The zero-order chi connectivity index (χ0) is 12.3. The molecule has 0 spiro atoms. The molecule has 0 saturated carbocycles. The van der Waals surface area contributed by atoms with Crippen molar-refractivity contribution in [2.24, 2.45) is 0 Å². The summed E-state index contributed by atoms with van der Waals surface area (Å²) in [6, 6.07) is 3.70. The van der Waals surface area contributed by atoms with E-state index < -0.39 is 0 Å². The van der Waals surface area contributed by atoms with E-state index >= 15 is 0 Å². The summed E-state index contributed by atoms with van der Waals surface area (Å²) in [7, 11) is 1.88. The van der Waals surface area contributed by atoms with Crippen molar-refractivity contribution in [1.82, 2.24) is 15.0 Å². The fourth-order valence-electron chi connectivity index (χ4n) is 1.41. The molecule has 2 aromatic rings. The molecule has 6 heteroatoms. The first-order valence-corrected chi connectivity index (χ1v) is 5.97. The molecule has 0 aliphatic heterocycles. The molecular weight excluding hydrogens is 234 g/mol. The lowest BCUT2D eigenvalue weighted by Crippen LogP contribution is -2.20. The molecule has 0 fully saturated rings. The molecule has 0 N–H and O–H groups in total. The van der Waals surface area contributed by atoms with E-state index in [1.807, 2.05) is 30.3 Å². The molecule has 0 radical (unpaired) electrons. The Morgan fingerprint density at radius 3 is 2.94 bits per heavy atom. The second-order valence-electron chi connectivity index (χ2n) is 3.64. The van der Waals surface area contributed by atoms with Crippen molar-refractivity contribution in [3.05, 3.63) is 34.0 Å². The number of nitriles is 1. The molecule has 0 aliphatic rings. The standard InChI is InChI=1S/C11H11N5S/c1-8-3-9(4-12)15-11(14-8)16(2)5-10-6-17-7-13-10/h3,6-7H,5H2,1-2H3. The molecule has 0 saturated heterocycles. The predicted octanol–water partition coefficient (Wildman–Crippen LogP) is 1.75. The van der Waals surface area contributed by atoms with Gasteiger partial charge in [0.05, 0.1) is 17.7 Å². The Morgan fingerprint density at radius 1 is 1.47 bits per heavy atom. The van der Waals surface area contributed by atoms with Gasteiger partial charge in [0.2, 0.25) is 5.95 Å². The predicted molar refractivity (Wildman–Crippen MR) is 65.7 cm³/mol. The van der Waals surface area contributed by atoms with Crippen LogP contribution in [0, 0.1) is 18.3 Å². The Labute approximate surface area is 103 Å². The van der Waals surface area contributed by atoms with Crippen molar-refractivity contribution in [1.29, 1.82) is 5.26 Å². The van der Waals surface area contributed by atoms with Crippen LogP contribution >= 0.6 is 11.3 Å². The van der Waals surface area contributed by atoms with Crippen LogP contribution < -0.4 is 4.90 Å². The highest BCUT2D eigenvalue weighted by molar-refractivity contribution is 7.07. The Bertz CT molecular complexity index is 543. The van der Waals surface area contributed by atoms with Crippen molar-refractivity contribution < 1.29 is 0 Å². The molecule has 0 bridgehead atoms. The topological polar surface area (TPSA) is 65.7 Å². The van der Waals surface area contributed by atoms with Crippen LogP contribution in [0.15, 0.2) is 17.0 Å². The maximum atomic E-state index is 8.86. The van der Waals surface area contributed by atoms with E-state index in [0.29, 0.717) is 18.2 Å². The molecule has 2 aromatic heterocycles. The molecular formula is C11H11N5S. The summed E-state index contributed by atoms with van der Waals surface area (Å²) in [6.45, 7) is 2.49. The van der Waals surface area contributed by atoms with E-state index in [-0.39, 0.29) is 0 Å². The van der Waals surface area contributed by atoms with Gasteiger partial charge in [-0.25, -0.2) is 15.0 Å². The van der Waals surface area contributed by atoms with Gasteiger partial charge in [-0.1, -0.05) is 0 Å². The highest BCUT2D eigenvalue weighted by Gasteiger charge is 2.08. The summed E-state index contributed by atoms with van der Waals surface area (Å²) < 4.78 is 0. The second kappa shape index (κ2) is 4.89. The Kier molecular flexibility index (Phi) is 3.30. The maximum absolute atomic E-state index is 8.86. The minimum Gasteiger partial charge on any atom is -0.338 e. The summed E-state index contributed by atoms with van der Waals surface area (Å²) in [5, 5.41) is 10.8. The number of aromatic nitrogens is 3. The van der Waals surface area contributed by atoms with Gasteiger partial charge < -0.3 is 4.90 Å². The second-order valence-corrected chi connectivity index (χ2v) is 4.36. The molecule has 2 rings (SSSR count). The van der Waals surface area contributed by atoms with Crippen LogP contribution in [0.1, 0.15) is 17.1 Å². The van der Waals surface area contributed by atoms with Crippen molar-refractivity contribution in [3.8, 4) is 6.07 Å². The van der Waals surface area contributed by atoms with Gasteiger partial charge in [-0.3, -0.25) is 0 Å². The van der Waals surface area contributed by atoms with Crippen LogP contribution in [0.25, 0.3) is 0 Å². The quantitative estimate of drug-likeness (QED) is 0.824. The fourth-order valence-corrected chi connectivity index (χ4v) is 1.96.